The Morgan fingerprint density at radius 2 is 2.11 bits per heavy atom. The Balaban J connectivity index is 2.49. The van der Waals surface area contributed by atoms with Crippen molar-refractivity contribution in [2.45, 2.75) is 38.8 Å². The molecule has 1 heterocycles. The first-order valence-electron chi connectivity index (χ1n) is 5.94. The highest BCUT2D eigenvalue weighted by atomic mass is 19.3. The van der Waals surface area contributed by atoms with Crippen LogP contribution in [0, 0.1) is 0 Å². The molecule has 2 amide bonds. The number of ether oxygens (including phenoxy) is 1. The largest absolute Gasteiger partial charge is 0.374 e. The molecule has 1 fully saturated rings. The highest BCUT2D eigenvalue weighted by molar-refractivity contribution is 5.96. The van der Waals surface area contributed by atoms with E-state index in [0.29, 0.717) is 6.42 Å². The van der Waals surface area contributed by atoms with Crippen LogP contribution >= 0.6 is 0 Å². The highest BCUT2D eigenvalue weighted by Gasteiger charge is 2.36. The van der Waals surface area contributed by atoms with Crippen LogP contribution in [0.5, 0.6) is 0 Å². The van der Waals surface area contributed by atoms with Crippen LogP contribution in [0.4, 0.5) is 8.78 Å². The molecule has 0 aromatic rings. The van der Waals surface area contributed by atoms with Crippen molar-refractivity contribution >= 4 is 11.8 Å². The first kappa shape index (κ1) is 14.8. The van der Waals surface area contributed by atoms with Gasteiger partial charge in [-0.15, -0.1) is 0 Å². The summed E-state index contributed by atoms with van der Waals surface area (Å²) in [6.07, 6.45) is -2.02. The molecule has 0 bridgehead atoms. The zero-order chi connectivity index (χ0) is 13.7. The van der Waals surface area contributed by atoms with Gasteiger partial charge in [0.2, 0.25) is 11.8 Å². The number of amides is 2. The quantitative estimate of drug-likeness (QED) is 0.706. The molecule has 0 spiro atoms. The van der Waals surface area contributed by atoms with Crippen molar-refractivity contribution in [3.05, 3.63) is 0 Å². The Hall–Kier alpha value is -1.24. The molecule has 0 saturated carbocycles. The Labute approximate surface area is 104 Å². The van der Waals surface area contributed by atoms with Crippen molar-refractivity contribution < 1.29 is 23.1 Å². The van der Waals surface area contributed by atoms with Crippen molar-refractivity contribution in [3.63, 3.8) is 0 Å². The molecule has 5 nitrogen and oxygen atoms in total. The van der Waals surface area contributed by atoms with Gasteiger partial charge in [0.05, 0.1) is 6.61 Å². The fourth-order valence-electron chi connectivity index (χ4n) is 1.80. The van der Waals surface area contributed by atoms with Gasteiger partial charge in [-0.2, -0.15) is 0 Å². The van der Waals surface area contributed by atoms with Crippen molar-refractivity contribution in [1.29, 1.82) is 0 Å². The normalized spacial score (nSPS) is 24.6. The predicted molar refractivity (Wildman–Crippen MR) is 60.2 cm³/mol. The molecule has 0 aromatic carbocycles. The number of hydrogen-bond acceptors (Lipinski definition) is 3. The molecule has 0 radical (unpaired) electrons. The Bertz CT molecular complexity index is 313. The van der Waals surface area contributed by atoms with E-state index in [1.165, 1.54) is 4.90 Å². The van der Waals surface area contributed by atoms with E-state index in [2.05, 4.69) is 5.32 Å². The maximum absolute atomic E-state index is 11.9. The first-order valence-corrected chi connectivity index (χ1v) is 5.94. The van der Waals surface area contributed by atoms with Gasteiger partial charge in [-0.3, -0.25) is 9.59 Å². The summed E-state index contributed by atoms with van der Waals surface area (Å²) in [5, 5.41) is 2.61. The van der Waals surface area contributed by atoms with Crippen LogP contribution in [0.2, 0.25) is 0 Å². The maximum Gasteiger partial charge on any atom is 0.261 e. The second-order valence-electron chi connectivity index (χ2n) is 4.14. The van der Waals surface area contributed by atoms with Gasteiger partial charge in [0.25, 0.3) is 6.43 Å². The lowest BCUT2D eigenvalue weighted by atomic mass is 10.1. The van der Waals surface area contributed by atoms with Gasteiger partial charge < -0.3 is 15.0 Å². The third kappa shape index (κ3) is 3.63. The second kappa shape index (κ2) is 6.63. The minimum Gasteiger partial charge on any atom is -0.374 e. The minimum absolute atomic E-state index is 0.00410. The van der Waals surface area contributed by atoms with Crippen LogP contribution in [-0.2, 0) is 14.3 Å². The average Bonchev–Trinajstić information content (AvgIpc) is 2.32. The summed E-state index contributed by atoms with van der Waals surface area (Å²) in [4.78, 5) is 24.9. The third-order valence-corrected chi connectivity index (χ3v) is 2.87. The number of alkyl halides is 2. The molecule has 2 unspecified atom stereocenters. The summed E-state index contributed by atoms with van der Waals surface area (Å²) in [6, 6.07) is -1.11. The molecule has 1 aliphatic rings. The van der Waals surface area contributed by atoms with Crippen LogP contribution in [0.15, 0.2) is 0 Å². The third-order valence-electron chi connectivity index (χ3n) is 2.87. The van der Waals surface area contributed by atoms with E-state index in [1.54, 1.807) is 13.8 Å². The molecule has 0 aliphatic carbocycles. The van der Waals surface area contributed by atoms with E-state index in [9.17, 15) is 18.4 Å². The van der Waals surface area contributed by atoms with Gasteiger partial charge in [-0.05, 0) is 13.3 Å². The summed E-state index contributed by atoms with van der Waals surface area (Å²) >= 11 is 0. The molecule has 18 heavy (non-hydrogen) atoms. The van der Waals surface area contributed by atoms with Gasteiger partial charge in [0.1, 0.15) is 18.7 Å². The second-order valence-corrected chi connectivity index (χ2v) is 4.14. The van der Waals surface area contributed by atoms with E-state index < -0.39 is 25.1 Å². The number of rotatable bonds is 6. The predicted octanol–water partition coefficient (Wildman–Crippen LogP) is 0.394. The SMILES string of the molecule is CCC1NC(=O)C(C)N(CCOCC(F)F)C1=O. The summed E-state index contributed by atoms with van der Waals surface area (Å²) in [5.74, 6) is -0.416. The molecular formula is C11H18F2N2O3. The first-order chi connectivity index (χ1) is 8.47. The van der Waals surface area contributed by atoms with Crippen molar-refractivity contribution in [3.8, 4) is 0 Å². The molecule has 1 saturated heterocycles. The molecule has 104 valence electrons. The van der Waals surface area contributed by atoms with Crippen LogP contribution < -0.4 is 5.32 Å². The van der Waals surface area contributed by atoms with E-state index in [0.717, 1.165) is 0 Å². The van der Waals surface area contributed by atoms with Crippen LogP contribution in [-0.4, -0.2) is 55.0 Å². The minimum atomic E-state index is -2.52. The zero-order valence-electron chi connectivity index (χ0n) is 10.5. The van der Waals surface area contributed by atoms with Crippen LogP contribution in [0.3, 0.4) is 0 Å². The lowest BCUT2D eigenvalue weighted by molar-refractivity contribution is -0.149. The summed E-state index contributed by atoms with van der Waals surface area (Å²) < 4.78 is 28.4. The standard InChI is InChI=1S/C11H18F2N2O3/c1-3-8-11(17)15(7(2)10(16)14-8)4-5-18-6-9(12)13/h7-9H,3-6H2,1-2H3,(H,14,16). The molecule has 1 rings (SSSR count). The number of halogens is 2. The number of nitrogens with zero attached hydrogens (tertiary/aromatic N) is 1. The molecule has 1 N–H and O–H groups in total. The zero-order valence-corrected chi connectivity index (χ0v) is 10.5. The molecule has 1 aliphatic heterocycles. The van der Waals surface area contributed by atoms with Crippen molar-refractivity contribution in [2.75, 3.05) is 19.8 Å². The number of piperazine rings is 1. The van der Waals surface area contributed by atoms with Crippen molar-refractivity contribution in [2.24, 2.45) is 0 Å². The number of carbonyl (C=O) groups is 2. The Kier molecular flexibility index (Phi) is 5.46. The average molecular weight is 264 g/mol. The monoisotopic (exact) mass is 264 g/mol. The van der Waals surface area contributed by atoms with Gasteiger partial charge in [-0.1, -0.05) is 6.92 Å². The van der Waals surface area contributed by atoms with Gasteiger partial charge in [0, 0.05) is 6.54 Å². The number of nitrogens with one attached hydrogen (secondary N) is 1. The van der Waals surface area contributed by atoms with E-state index >= 15 is 0 Å². The van der Waals surface area contributed by atoms with E-state index in [4.69, 9.17) is 4.74 Å². The van der Waals surface area contributed by atoms with Crippen LogP contribution in [0.25, 0.3) is 0 Å². The fourth-order valence-corrected chi connectivity index (χ4v) is 1.80. The van der Waals surface area contributed by atoms with Crippen molar-refractivity contribution in [1.82, 2.24) is 10.2 Å². The van der Waals surface area contributed by atoms with E-state index in [1.807, 2.05) is 0 Å². The van der Waals surface area contributed by atoms with E-state index in [-0.39, 0.29) is 25.0 Å². The van der Waals surface area contributed by atoms with Gasteiger partial charge in [-0.25, -0.2) is 8.78 Å². The lowest BCUT2D eigenvalue weighted by Crippen LogP contribution is -2.62. The lowest BCUT2D eigenvalue weighted by Gasteiger charge is -2.37. The van der Waals surface area contributed by atoms with Gasteiger partial charge >= 0.3 is 0 Å². The highest BCUT2D eigenvalue weighted by Crippen LogP contribution is 2.11. The fraction of sp³-hybridized carbons (Fsp3) is 0.818. The topological polar surface area (TPSA) is 58.6 Å². The summed E-state index contributed by atoms with van der Waals surface area (Å²) in [5.41, 5.74) is 0. The molecule has 7 heteroatoms. The smallest absolute Gasteiger partial charge is 0.261 e. The van der Waals surface area contributed by atoms with Crippen LogP contribution in [0.1, 0.15) is 20.3 Å². The molecular weight excluding hydrogens is 246 g/mol. The number of carbonyl (C=O) groups excluding carboxylic acids is 2. The Morgan fingerprint density at radius 1 is 1.44 bits per heavy atom. The number of hydrogen-bond donors (Lipinski definition) is 1. The molecule has 2 atom stereocenters. The summed E-state index contributed by atoms with van der Waals surface area (Å²) in [6.45, 7) is 2.90. The van der Waals surface area contributed by atoms with Gasteiger partial charge in [0.15, 0.2) is 0 Å². The molecule has 0 aromatic heterocycles. The Morgan fingerprint density at radius 3 is 2.67 bits per heavy atom. The maximum atomic E-state index is 11.9. The summed E-state index contributed by atoms with van der Waals surface area (Å²) in [7, 11) is 0.